The summed E-state index contributed by atoms with van der Waals surface area (Å²) >= 11 is 0. The molecule has 0 aromatic carbocycles. The van der Waals surface area contributed by atoms with Crippen molar-refractivity contribution in [3.8, 4) is 0 Å². The van der Waals surface area contributed by atoms with Gasteiger partial charge < -0.3 is 14.8 Å². The Morgan fingerprint density at radius 1 is 1.24 bits per heavy atom. The zero-order valence-corrected chi connectivity index (χ0v) is 11.8. The van der Waals surface area contributed by atoms with Crippen LogP contribution in [0.15, 0.2) is 0 Å². The SMILES string of the molecule is CCOC1(C(CCCCOC)NC)CCCC1. The Morgan fingerprint density at radius 3 is 2.47 bits per heavy atom. The van der Waals surface area contributed by atoms with Crippen LogP contribution in [-0.2, 0) is 9.47 Å². The lowest BCUT2D eigenvalue weighted by Crippen LogP contribution is -2.49. The lowest BCUT2D eigenvalue weighted by Gasteiger charge is -2.37. The standard InChI is InChI=1S/C14H29NO2/c1-4-17-14(10-6-7-11-14)13(15-2)9-5-8-12-16-3/h13,15H,4-12H2,1-3H3. The van der Waals surface area contributed by atoms with E-state index < -0.39 is 0 Å². The van der Waals surface area contributed by atoms with Crippen molar-refractivity contribution in [3.05, 3.63) is 0 Å². The third-order valence-corrected chi connectivity index (χ3v) is 3.96. The van der Waals surface area contributed by atoms with E-state index in [2.05, 4.69) is 19.3 Å². The van der Waals surface area contributed by atoms with Gasteiger partial charge in [-0.3, -0.25) is 0 Å². The smallest absolute Gasteiger partial charge is 0.0834 e. The van der Waals surface area contributed by atoms with Crippen LogP contribution in [0.1, 0.15) is 51.9 Å². The zero-order chi connectivity index (χ0) is 12.6. The third-order valence-electron chi connectivity index (χ3n) is 3.96. The van der Waals surface area contributed by atoms with Gasteiger partial charge in [-0.1, -0.05) is 12.8 Å². The number of likely N-dealkylation sites (N-methyl/N-ethyl adjacent to an activating group) is 1. The highest BCUT2D eigenvalue weighted by Crippen LogP contribution is 2.37. The average molecular weight is 243 g/mol. The first kappa shape index (κ1) is 14.9. The van der Waals surface area contributed by atoms with Crippen LogP contribution in [-0.4, -0.2) is 39.0 Å². The fraction of sp³-hybridized carbons (Fsp3) is 1.00. The van der Waals surface area contributed by atoms with Gasteiger partial charge in [0.25, 0.3) is 0 Å². The van der Waals surface area contributed by atoms with Crippen molar-refractivity contribution in [3.63, 3.8) is 0 Å². The van der Waals surface area contributed by atoms with Crippen LogP contribution in [0.4, 0.5) is 0 Å². The molecule has 17 heavy (non-hydrogen) atoms. The lowest BCUT2D eigenvalue weighted by atomic mass is 9.88. The van der Waals surface area contributed by atoms with Crippen LogP contribution in [0.2, 0.25) is 0 Å². The van der Waals surface area contributed by atoms with E-state index in [1.807, 2.05) is 0 Å². The number of nitrogens with one attached hydrogen (secondary N) is 1. The predicted octanol–water partition coefficient (Wildman–Crippen LogP) is 2.74. The molecule has 0 aliphatic heterocycles. The summed E-state index contributed by atoms with van der Waals surface area (Å²) in [6, 6.07) is 0.502. The molecule has 0 radical (unpaired) electrons. The molecule has 1 N–H and O–H groups in total. The topological polar surface area (TPSA) is 30.5 Å². The Labute approximate surface area is 106 Å². The number of hydrogen-bond donors (Lipinski definition) is 1. The molecule has 0 spiro atoms. The van der Waals surface area contributed by atoms with Gasteiger partial charge in [-0.15, -0.1) is 0 Å². The van der Waals surface area contributed by atoms with E-state index >= 15 is 0 Å². The van der Waals surface area contributed by atoms with Crippen LogP contribution in [0.5, 0.6) is 0 Å². The molecule has 1 fully saturated rings. The fourth-order valence-electron chi connectivity index (χ4n) is 3.12. The number of unbranched alkanes of at least 4 members (excludes halogenated alkanes) is 1. The first-order valence-corrected chi connectivity index (χ1v) is 7.09. The minimum absolute atomic E-state index is 0.108. The number of rotatable bonds is 9. The highest BCUT2D eigenvalue weighted by atomic mass is 16.5. The number of hydrogen-bond acceptors (Lipinski definition) is 3. The van der Waals surface area contributed by atoms with E-state index in [1.54, 1.807) is 7.11 Å². The summed E-state index contributed by atoms with van der Waals surface area (Å²) in [5, 5.41) is 3.48. The maximum absolute atomic E-state index is 6.11. The summed E-state index contributed by atoms with van der Waals surface area (Å²) < 4.78 is 11.2. The number of ether oxygens (including phenoxy) is 2. The summed E-state index contributed by atoms with van der Waals surface area (Å²) in [5.41, 5.74) is 0.108. The molecule has 3 nitrogen and oxygen atoms in total. The predicted molar refractivity (Wildman–Crippen MR) is 71.4 cm³/mol. The molecule has 1 unspecified atom stereocenters. The zero-order valence-electron chi connectivity index (χ0n) is 11.8. The van der Waals surface area contributed by atoms with Gasteiger partial charge in [0.05, 0.1) is 5.60 Å². The number of methoxy groups -OCH3 is 1. The molecule has 0 heterocycles. The summed E-state index contributed by atoms with van der Waals surface area (Å²) in [6.07, 6.45) is 8.63. The highest BCUT2D eigenvalue weighted by Gasteiger charge is 2.40. The van der Waals surface area contributed by atoms with Gasteiger partial charge in [-0.05, 0) is 46.1 Å². The summed E-state index contributed by atoms with van der Waals surface area (Å²) in [5.74, 6) is 0. The normalized spacial score (nSPS) is 20.6. The van der Waals surface area contributed by atoms with Crippen molar-refractivity contribution >= 4 is 0 Å². The Kier molecular flexibility index (Phi) is 7.09. The summed E-state index contributed by atoms with van der Waals surface area (Å²) in [6.45, 7) is 3.81. The van der Waals surface area contributed by atoms with E-state index in [1.165, 1.54) is 38.5 Å². The van der Waals surface area contributed by atoms with Crippen molar-refractivity contribution in [2.45, 2.75) is 63.5 Å². The second-order valence-corrected chi connectivity index (χ2v) is 5.03. The Hall–Kier alpha value is -0.120. The summed E-state index contributed by atoms with van der Waals surface area (Å²) in [4.78, 5) is 0. The van der Waals surface area contributed by atoms with Gasteiger partial charge in [0, 0.05) is 26.4 Å². The van der Waals surface area contributed by atoms with E-state index in [-0.39, 0.29) is 5.60 Å². The van der Waals surface area contributed by atoms with Crippen molar-refractivity contribution in [1.82, 2.24) is 5.32 Å². The van der Waals surface area contributed by atoms with Crippen LogP contribution in [0.3, 0.4) is 0 Å². The van der Waals surface area contributed by atoms with E-state index in [0.29, 0.717) is 6.04 Å². The van der Waals surface area contributed by atoms with Crippen molar-refractivity contribution in [1.29, 1.82) is 0 Å². The van der Waals surface area contributed by atoms with Gasteiger partial charge >= 0.3 is 0 Å². The Balaban J connectivity index is 2.44. The Morgan fingerprint density at radius 2 is 1.94 bits per heavy atom. The van der Waals surface area contributed by atoms with E-state index in [4.69, 9.17) is 9.47 Å². The molecule has 0 bridgehead atoms. The molecule has 0 saturated heterocycles. The second kappa shape index (κ2) is 8.06. The lowest BCUT2D eigenvalue weighted by molar-refractivity contribution is -0.0622. The summed E-state index contributed by atoms with van der Waals surface area (Å²) in [7, 11) is 3.84. The van der Waals surface area contributed by atoms with Gasteiger partial charge in [0.2, 0.25) is 0 Å². The van der Waals surface area contributed by atoms with Gasteiger partial charge in [-0.25, -0.2) is 0 Å². The molecule has 1 atom stereocenters. The maximum atomic E-state index is 6.11. The largest absolute Gasteiger partial charge is 0.385 e. The minimum Gasteiger partial charge on any atom is -0.385 e. The van der Waals surface area contributed by atoms with Crippen LogP contribution < -0.4 is 5.32 Å². The van der Waals surface area contributed by atoms with Crippen LogP contribution in [0, 0.1) is 0 Å². The second-order valence-electron chi connectivity index (χ2n) is 5.03. The van der Waals surface area contributed by atoms with Gasteiger partial charge in [-0.2, -0.15) is 0 Å². The molecule has 102 valence electrons. The Bertz CT molecular complexity index is 191. The quantitative estimate of drug-likeness (QED) is 0.632. The molecule has 1 aliphatic carbocycles. The maximum Gasteiger partial charge on any atom is 0.0834 e. The fourth-order valence-corrected chi connectivity index (χ4v) is 3.12. The molecule has 1 saturated carbocycles. The van der Waals surface area contributed by atoms with E-state index in [9.17, 15) is 0 Å². The first-order chi connectivity index (χ1) is 8.29. The van der Waals surface area contributed by atoms with E-state index in [0.717, 1.165) is 19.6 Å². The molecule has 0 aromatic heterocycles. The molecule has 1 rings (SSSR count). The molecular weight excluding hydrogens is 214 g/mol. The monoisotopic (exact) mass is 243 g/mol. The van der Waals surface area contributed by atoms with Crippen LogP contribution in [0.25, 0.3) is 0 Å². The van der Waals surface area contributed by atoms with Crippen LogP contribution >= 0.6 is 0 Å². The third kappa shape index (κ3) is 4.23. The molecule has 0 amide bonds. The minimum atomic E-state index is 0.108. The molecule has 0 aromatic rings. The van der Waals surface area contributed by atoms with Crippen molar-refractivity contribution < 1.29 is 9.47 Å². The first-order valence-electron chi connectivity index (χ1n) is 7.09. The van der Waals surface area contributed by atoms with Crippen molar-refractivity contribution in [2.24, 2.45) is 0 Å². The molecule has 3 heteroatoms. The molecule has 1 aliphatic rings. The van der Waals surface area contributed by atoms with Gasteiger partial charge in [0.1, 0.15) is 0 Å². The van der Waals surface area contributed by atoms with Crippen molar-refractivity contribution in [2.75, 3.05) is 27.4 Å². The average Bonchev–Trinajstić information content (AvgIpc) is 2.79. The van der Waals surface area contributed by atoms with Gasteiger partial charge in [0.15, 0.2) is 0 Å². The molecular formula is C14H29NO2. The highest BCUT2D eigenvalue weighted by molar-refractivity contribution is 4.96.